The highest BCUT2D eigenvalue weighted by atomic mass is 16.2. The molecule has 0 saturated carbocycles. The monoisotopic (exact) mass is 441 g/mol. The lowest BCUT2D eigenvalue weighted by Gasteiger charge is -2.22. The zero-order valence-corrected chi connectivity index (χ0v) is 18.8. The number of amides is 3. The standard InChI is InChI=1S/C27H27N3O3/c1-19-8-6-12-23(14-19)28-26(32)21-11-7-13-24(15-21)30-18-22(16-25(30)31)27(33)29(2)17-20-9-4-3-5-10-20/h3-15,22H,16-18H2,1-2H3,(H,28,32). The number of carbonyl (C=O) groups is 3. The molecule has 1 saturated heterocycles. The summed E-state index contributed by atoms with van der Waals surface area (Å²) in [4.78, 5) is 41.7. The third kappa shape index (κ3) is 5.29. The molecule has 6 heteroatoms. The van der Waals surface area contributed by atoms with E-state index in [4.69, 9.17) is 0 Å². The van der Waals surface area contributed by atoms with Crippen LogP contribution in [0.15, 0.2) is 78.9 Å². The van der Waals surface area contributed by atoms with E-state index in [0.717, 1.165) is 16.8 Å². The molecule has 1 N–H and O–H groups in total. The van der Waals surface area contributed by atoms with Crippen molar-refractivity contribution in [3.8, 4) is 0 Å². The van der Waals surface area contributed by atoms with Gasteiger partial charge in [-0.25, -0.2) is 0 Å². The summed E-state index contributed by atoms with van der Waals surface area (Å²) in [7, 11) is 1.76. The SMILES string of the molecule is Cc1cccc(NC(=O)c2cccc(N3CC(C(=O)N(C)Cc4ccccc4)CC3=O)c2)c1. The Morgan fingerprint density at radius 3 is 2.52 bits per heavy atom. The molecule has 1 fully saturated rings. The quantitative estimate of drug-likeness (QED) is 0.621. The second-order valence-electron chi connectivity index (χ2n) is 8.46. The molecule has 6 nitrogen and oxygen atoms in total. The van der Waals surface area contributed by atoms with Crippen molar-refractivity contribution in [2.24, 2.45) is 5.92 Å². The van der Waals surface area contributed by atoms with Gasteiger partial charge in [0.25, 0.3) is 5.91 Å². The van der Waals surface area contributed by atoms with Crippen molar-refractivity contribution in [3.05, 3.63) is 95.6 Å². The summed E-state index contributed by atoms with van der Waals surface area (Å²) in [6.45, 7) is 2.77. The minimum absolute atomic E-state index is 0.0527. The van der Waals surface area contributed by atoms with Crippen molar-refractivity contribution in [2.45, 2.75) is 19.9 Å². The molecular weight excluding hydrogens is 414 g/mol. The molecule has 0 aliphatic carbocycles. The lowest BCUT2D eigenvalue weighted by atomic mass is 10.1. The molecule has 0 spiro atoms. The van der Waals surface area contributed by atoms with Gasteiger partial charge >= 0.3 is 0 Å². The molecule has 3 aromatic carbocycles. The second kappa shape index (κ2) is 9.69. The normalized spacial score (nSPS) is 15.4. The van der Waals surface area contributed by atoms with Gasteiger partial charge in [0.15, 0.2) is 0 Å². The lowest BCUT2D eigenvalue weighted by molar-refractivity contribution is -0.135. The Kier molecular flexibility index (Phi) is 6.54. The largest absolute Gasteiger partial charge is 0.341 e. The lowest BCUT2D eigenvalue weighted by Crippen LogP contribution is -2.34. The Morgan fingerprint density at radius 2 is 1.76 bits per heavy atom. The molecule has 1 aliphatic rings. The molecule has 1 aliphatic heterocycles. The molecule has 168 valence electrons. The first-order valence-corrected chi connectivity index (χ1v) is 11.0. The van der Waals surface area contributed by atoms with Crippen LogP contribution in [-0.2, 0) is 16.1 Å². The van der Waals surface area contributed by atoms with Crippen LogP contribution in [0, 0.1) is 12.8 Å². The number of hydrogen-bond donors (Lipinski definition) is 1. The average molecular weight is 442 g/mol. The highest BCUT2D eigenvalue weighted by molar-refractivity contribution is 6.06. The molecule has 33 heavy (non-hydrogen) atoms. The van der Waals surface area contributed by atoms with Gasteiger partial charge in [-0.05, 0) is 48.4 Å². The molecule has 0 bridgehead atoms. The minimum Gasteiger partial charge on any atom is -0.341 e. The first-order valence-electron chi connectivity index (χ1n) is 11.0. The van der Waals surface area contributed by atoms with E-state index in [1.54, 1.807) is 41.1 Å². The van der Waals surface area contributed by atoms with Crippen LogP contribution in [0.3, 0.4) is 0 Å². The third-order valence-corrected chi connectivity index (χ3v) is 5.81. The Labute approximate surface area is 193 Å². The van der Waals surface area contributed by atoms with Gasteiger partial charge in [-0.2, -0.15) is 0 Å². The number of nitrogens with zero attached hydrogens (tertiary/aromatic N) is 2. The van der Waals surface area contributed by atoms with Gasteiger partial charge in [-0.3, -0.25) is 14.4 Å². The predicted molar refractivity (Wildman–Crippen MR) is 129 cm³/mol. The van der Waals surface area contributed by atoms with Crippen LogP contribution in [0.1, 0.15) is 27.9 Å². The third-order valence-electron chi connectivity index (χ3n) is 5.81. The van der Waals surface area contributed by atoms with Gasteiger partial charge in [0, 0.05) is 43.5 Å². The van der Waals surface area contributed by atoms with E-state index in [0.29, 0.717) is 24.3 Å². The maximum Gasteiger partial charge on any atom is 0.255 e. The zero-order chi connectivity index (χ0) is 23.4. The summed E-state index contributed by atoms with van der Waals surface area (Å²) in [6, 6.07) is 24.3. The topological polar surface area (TPSA) is 69.7 Å². The van der Waals surface area contributed by atoms with Crippen molar-refractivity contribution < 1.29 is 14.4 Å². The Hall–Kier alpha value is -3.93. The highest BCUT2D eigenvalue weighted by Gasteiger charge is 2.36. The molecule has 1 atom stereocenters. The average Bonchev–Trinajstić information content (AvgIpc) is 3.21. The van der Waals surface area contributed by atoms with Crippen LogP contribution in [0.25, 0.3) is 0 Å². The summed E-state index contributed by atoms with van der Waals surface area (Å²) in [5, 5.41) is 2.89. The summed E-state index contributed by atoms with van der Waals surface area (Å²) in [5.41, 5.74) is 3.89. The van der Waals surface area contributed by atoms with Crippen LogP contribution in [0.5, 0.6) is 0 Å². The number of benzene rings is 3. The fraction of sp³-hybridized carbons (Fsp3) is 0.222. The summed E-state index contributed by atoms with van der Waals surface area (Å²) in [6.07, 6.45) is 0.164. The number of nitrogens with one attached hydrogen (secondary N) is 1. The van der Waals surface area contributed by atoms with Crippen LogP contribution in [-0.4, -0.2) is 36.2 Å². The summed E-state index contributed by atoms with van der Waals surface area (Å²) >= 11 is 0. The first kappa shape index (κ1) is 22.3. The van der Waals surface area contributed by atoms with Crippen LogP contribution < -0.4 is 10.2 Å². The van der Waals surface area contributed by atoms with Gasteiger partial charge in [0.1, 0.15) is 0 Å². The summed E-state index contributed by atoms with van der Waals surface area (Å²) in [5.74, 6) is -0.818. The number of rotatable bonds is 6. The smallest absolute Gasteiger partial charge is 0.255 e. The maximum atomic E-state index is 13.0. The number of aryl methyl sites for hydroxylation is 1. The van der Waals surface area contributed by atoms with Gasteiger partial charge in [0.05, 0.1) is 5.92 Å². The van der Waals surface area contributed by atoms with Crippen molar-refractivity contribution in [3.63, 3.8) is 0 Å². The first-order chi connectivity index (χ1) is 15.9. The summed E-state index contributed by atoms with van der Waals surface area (Å²) < 4.78 is 0. The van der Waals surface area contributed by atoms with Crippen LogP contribution >= 0.6 is 0 Å². The zero-order valence-electron chi connectivity index (χ0n) is 18.8. The number of anilines is 2. The maximum absolute atomic E-state index is 13.0. The molecule has 0 aromatic heterocycles. The van der Waals surface area contributed by atoms with Crippen molar-refractivity contribution in [1.29, 1.82) is 0 Å². The molecule has 4 rings (SSSR count). The van der Waals surface area contributed by atoms with Crippen molar-refractivity contribution >= 4 is 29.1 Å². The predicted octanol–water partition coefficient (Wildman–Crippen LogP) is 4.26. The molecule has 3 aromatic rings. The van der Waals surface area contributed by atoms with Crippen LogP contribution in [0.4, 0.5) is 11.4 Å². The number of carbonyl (C=O) groups excluding carboxylic acids is 3. The van der Waals surface area contributed by atoms with E-state index in [2.05, 4.69) is 5.32 Å². The van der Waals surface area contributed by atoms with E-state index in [9.17, 15) is 14.4 Å². The fourth-order valence-corrected chi connectivity index (χ4v) is 4.11. The Morgan fingerprint density at radius 1 is 1.00 bits per heavy atom. The van der Waals surface area contributed by atoms with Gasteiger partial charge in [-0.1, -0.05) is 48.5 Å². The van der Waals surface area contributed by atoms with Crippen molar-refractivity contribution in [1.82, 2.24) is 4.90 Å². The van der Waals surface area contributed by atoms with E-state index >= 15 is 0 Å². The van der Waals surface area contributed by atoms with Gasteiger partial charge < -0.3 is 15.1 Å². The minimum atomic E-state index is -0.406. The second-order valence-corrected chi connectivity index (χ2v) is 8.46. The van der Waals surface area contributed by atoms with E-state index < -0.39 is 5.92 Å². The van der Waals surface area contributed by atoms with Crippen molar-refractivity contribution in [2.75, 3.05) is 23.8 Å². The Balaban J connectivity index is 1.43. The molecule has 0 radical (unpaired) electrons. The van der Waals surface area contributed by atoms with E-state index in [-0.39, 0.29) is 24.1 Å². The van der Waals surface area contributed by atoms with Gasteiger partial charge in [-0.15, -0.1) is 0 Å². The molecule has 1 unspecified atom stereocenters. The van der Waals surface area contributed by atoms with E-state index in [1.165, 1.54) is 0 Å². The van der Waals surface area contributed by atoms with Crippen LogP contribution in [0.2, 0.25) is 0 Å². The molecule has 1 heterocycles. The highest BCUT2D eigenvalue weighted by Crippen LogP contribution is 2.27. The molecular formula is C27H27N3O3. The number of hydrogen-bond acceptors (Lipinski definition) is 3. The fourth-order valence-electron chi connectivity index (χ4n) is 4.11. The van der Waals surface area contributed by atoms with Gasteiger partial charge in [0.2, 0.25) is 11.8 Å². The molecule has 3 amide bonds. The van der Waals surface area contributed by atoms with E-state index in [1.807, 2.05) is 61.5 Å². The Bertz CT molecular complexity index is 1180.